The van der Waals surface area contributed by atoms with E-state index < -0.39 is 0 Å². The van der Waals surface area contributed by atoms with Gasteiger partial charge < -0.3 is 13.7 Å². The van der Waals surface area contributed by atoms with E-state index in [1.54, 1.807) is 0 Å². The van der Waals surface area contributed by atoms with Crippen LogP contribution in [0.1, 0.15) is 79.0 Å². The van der Waals surface area contributed by atoms with Crippen LogP contribution in [0.2, 0.25) is 0 Å². The summed E-state index contributed by atoms with van der Waals surface area (Å²) >= 11 is 0. The van der Waals surface area contributed by atoms with E-state index >= 15 is 0 Å². The first-order valence-electron chi connectivity index (χ1n) is 22.6. The van der Waals surface area contributed by atoms with Crippen LogP contribution < -0.4 is 4.90 Å². The van der Waals surface area contributed by atoms with E-state index in [0.29, 0.717) is 0 Å². The number of aromatic nitrogens is 2. The van der Waals surface area contributed by atoms with E-state index in [9.17, 15) is 0 Å². The predicted molar refractivity (Wildman–Crippen MR) is 272 cm³/mol. The maximum absolute atomic E-state index is 2.58. The second-order valence-corrected chi connectivity index (χ2v) is 21.2. The molecule has 0 unspecified atom stereocenters. The van der Waals surface area contributed by atoms with Crippen molar-refractivity contribution in [1.29, 1.82) is 0 Å². The summed E-state index contributed by atoms with van der Waals surface area (Å²) in [5, 5.41) is 10.5. The van der Waals surface area contributed by atoms with Gasteiger partial charge in [0.05, 0.1) is 33.1 Å². The summed E-state index contributed by atoms with van der Waals surface area (Å²) in [6, 6.07) is 59.7. The van der Waals surface area contributed by atoms with Crippen LogP contribution in [0, 0.1) is 0 Å². The number of hydrogen-bond acceptors (Lipinski definition) is 1. The van der Waals surface area contributed by atoms with Crippen LogP contribution in [-0.2, 0) is 16.2 Å². The SMILES string of the molecule is CC(C)(C)c1ccc2c(c1)c1cc(C(C)(C)C)cc3c4cc5c(cc4n2c13)c1cc(C(C)(C)C)cc2c3ccc(N(c4ccccc4)c4ccc(-c6ccccc6)cc4)cc3n5c21. The zero-order valence-electron chi connectivity index (χ0n) is 37.9. The molecule has 12 rings (SSSR count). The van der Waals surface area contributed by atoms with Crippen molar-refractivity contribution >= 4 is 93.3 Å². The first-order valence-corrected chi connectivity index (χ1v) is 22.6. The summed E-state index contributed by atoms with van der Waals surface area (Å²) in [5.41, 5.74) is 17.6. The highest BCUT2D eigenvalue weighted by molar-refractivity contribution is 6.29. The Labute approximate surface area is 369 Å². The Morgan fingerprint density at radius 1 is 0.302 bits per heavy atom. The smallest absolute Gasteiger partial charge is 0.0620 e. The van der Waals surface area contributed by atoms with Gasteiger partial charge in [0.1, 0.15) is 0 Å². The third-order valence-corrected chi connectivity index (χ3v) is 14.0. The molecule has 0 N–H and O–H groups in total. The van der Waals surface area contributed by atoms with Crippen molar-refractivity contribution < 1.29 is 0 Å². The van der Waals surface area contributed by atoms with E-state index in [1.165, 1.54) is 104 Å². The normalized spacial score (nSPS) is 13.2. The Morgan fingerprint density at radius 2 is 0.714 bits per heavy atom. The largest absolute Gasteiger partial charge is 0.310 e. The molecule has 0 aliphatic rings. The molecule has 308 valence electrons. The van der Waals surface area contributed by atoms with Gasteiger partial charge in [-0.2, -0.15) is 0 Å². The van der Waals surface area contributed by atoms with Crippen molar-refractivity contribution in [2.24, 2.45) is 0 Å². The third kappa shape index (κ3) is 5.58. The summed E-state index contributed by atoms with van der Waals surface area (Å²) in [4.78, 5) is 2.40. The molecule has 0 spiro atoms. The Kier molecular flexibility index (Phi) is 7.73. The highest BCUT2D eigenvalue weighted by atomic mass is 15.1. The highest BCUT2D eigenvalue weighted by Gasteiger charge is 2.28. The van der Waals surface area contributed by atoms with E-state index in [2.05, 4.69) is 234 Å². The molecule has 0 atom stereocenters. The van der Waals surface area contributed by atoms with Crippen LogP contribution in [0.5, 0.6) is 0 Å². The Balaban J connectivity index is 1.17. The number of para-hydroxylation sites is 1. The lowest BCUT2D eigenvalue weighted by Crippen LogP contribution is -2.11. The fraction of sp³-hybridized carbons (Fsp3) is 0.200. The summed E-state index contributed by atoms with van der Waals surface area (Å²) < 4.78 is 5.16. The lowest BCUT2D eigenvalue weighted by Gasteiger charge is -2.26. The molecule has 0 aliphatic heterocycles. The summed E-state index contributed by atoms with van der Waals surface area (Å²) in [6.07, 6.45) is 0. The first-order chi connectivity index (χ1) is 30.1. The molecule has 63 heavy (non-hydrogen) atoms. The van der Waals surface area contributed by atoms with Crippen LogP contribution in [0.15, 0.2) is 158 Å². The molecule has 0 radical (unpaired) electrons. The van der Waals surface area contributed by atoms with E-state index in [1.807, 2.05) is 0 Å². The van der Waals surface area contributed by atoms with Gasteiger partial charge in [-0.15, -0.1) is 0 Å². The molecule has 12 aromatic rings. The van der Waals surface area contributed by atoms with Gasteiger partial charge in [-0.25, -0.2) is 0 Å². The minimum atomic E-state index is -0.0261. The molecule has 0 saturated heterocycles. The van der Waals surface area contributed by atoms with Gasteiger partial charge in [0.2, 0.25) is 0 Å². The topological polar surface area (TPSA) is 12.1 Å². The second-order valence-electron chi connectivity index (χ2n) is 21.2. The fourth-order valence-corrected chi connectivity index (χ4v) is 10.5. The lowest BCUT2D eigenvalue weighted by molar-refractivity contribution is 0.590. The summed E-state index contributed by atoms with van der Waals surface area (Å²) in [5.74, 6) is 0. The van der Waals surface area contributed by atoms with Gasteiger partial charge in [-0.05, 0) is 129 Å². The van der Waals surface area contributed by atoms with Gasteiger partial charge >= 0.3 is 0 Å². The van der Waals surface area contributed by atoms with Crippen molar-refractivity contribution in [1.82, 2.24) is 8.80 Å². The molecule has 4 heterocycles. The van der Waals surface area contributed by atoms with Crippen LogP contribution in [0.4, 0.5) is 17.1 Å². The molecule has 3 nitrogen and oxygen atoms in total. The van der Waals surface area contributed by atoms with Gasteiger partial charge in [-0.3, -0.25) is 0 Å². The number of rotatable bonds is 4. The van der Waals surface area contributed by atoms with Crippen LogP contribution in [0.3, 0.4) is 0 Å². The number of anilines is 3. The third-order valence-electron chi connectivity index (χ3n) is 14.0. The van der Waals surface area contributed by atoms with Gasteiger partial charge in [0, 0.05) is 60.2 Å². The molecule has 0 saturated carbocycles. The number of nitrogens with zero attached hydrogens (tertiary/aromatic N) is 3. The maximum atomic E-state index is 2.58. The number of benzene rings is 8. The van der Waals surface area contributed by atoms with E-state index in [4.69, 9.17) is 0 Å². The summed E-state index contributed by atoms with van der Waals surface area (Å²) in [6.45, 7) is 21.0. The zero-order chi connectivity index (χ0) is 43.3. The van der Waals surface area contributed by atoms with Crippen molar-refractivity contribution in [3.8, 4) is 11.1 Å². The molecular formula is C60H53N3. The quantitative estimate of drug-likeness (QED) is 0.172. The van der Waals surface area contributed by atoms with Gasteiger partial charge in [-0.1, -0.05) is 135 Å². The van der Waals surface area contributed by atoms with E-state index in [0.717, 1.165) is 17.1 Å². The second kappa shape index (κ2) is 12.9. The Hall–Kier alpha value is -6.84. The minimum absolute atomic E-state index is 0.00842. The van der Waals surface area contributed by atoms with Gasteiger partial charge in [0.25, 0.3) is 0 Å². The van der Waals surface area contributed by atoms with Crippen LogP contribution >= 0.6 is 0 Å². The Bertz CT molecular complexity index is 3750. The monoisotopic (exact) mass is 815 g/mol. The van der Waals surface area contributed by atoms with Crippen molar-refractivity contribution in [3.05, 3.63) is 174 Å². The fourth-order valence-electron chi connectivity index (χ4n) is 10.5. The standard InChI is InChI=1S/C60H53N3/c1-58(2,3)38-22-27-52-45(28-38)49-30-40(60(7,8)9)32-51-46-35-55-47(34-54(46)62(52)57(49)51)50-31-39(59(4,5)6)29-48-44-26-25-43(33-53(44)63(55)56(48)50)61(41-18-14-11-15-19-41)42-23-20-37(21-24-42)36-16-12-10-13-17-36/h10-35H,1-9H3. The average molecular weight is 816 g/mol. The highest BCUT2D eigenvalue weighted by Crippen LogP contribution is 2.48. The summed E-state index contributed by atoms with van der Waals surface area (Å²) in [7, 11) is 0. The lowest BCUT2D eigenvalue weighted by atomic mass is 9.84. The van der Waals surface area contributed by atoms with Gasteiger partial charge in [0.15, 0.2) is 0 Å². The number of hydrogen-bond donors (Lipinski definition) is 0. The molecule has 8 aromatic carbocycles. The minimum Gasteiger partial charge on any atom is -0.310 e. The predicted octanol–water partition coefficient (Wildman–Crippen LogP) is 17.0. The van der Waals surface area contributed by atoms with Crippen LogP contribution in [-0.4, -0.2) is 8.80 Å². The zero-order valence-corrected chi connectivity index (χ0v) is 37.9. The molecule has 0 bridgehead atoms. The Morgan fingerprint density at radius 3 is 1.25 bits per heavy atom. The van der Waals surface area contributed by atoms with Crippen molar-refractivity contribution in [2.45, 2.75) is 78.6 Å². The van der Waals surface area contributed by atoms with Crippen LogP contribution in [0.25, 0.3) is 87.3 Å². The maximum Gasteiger partial charge on any atom is 0.0620 e. The molecule has 3 heteroatoms. The molecule has 4 aromatic heterocycles. The molecular weight excluding hydrogens is 763 g/mol. The molecule has 0 aliphatic carbocycles. The molecule has 0 fully saturated rings. The molecule has 0 amide bonds. The first kappa shape index (κ1) is 37.9. The van der Waals surface area contributed by atoms with Crippen molar-refractivity contribution in [3.63, 3.8) is 0 Å². The average Bonchev–Trinajstić information content (AvgIpc) is 3.98. The van der Waals surface area contributed by atoms with Crippen molar-refractivity contribution in [2.75, 3.05) is 4.90 Å². The number of fused-ring (bicyclic) bond motifs is 12. The van der Waals surface area contributed by atoms with E-state index in [-0.39, 0.29) is 16.2 Å².